The van der Waals surface area contributed by atoms with Crippen LogP contribution in [-0.2, 0) is 12.6 Å². The number of carbonyl (C=O) groups excluding carboxylic acids is 1. The standard InChI is InChI=1S/C26H19BrF3N3O2/c27-17-11-12-19-15(13-17)5-3-10-21(19)31-24(34)23-20-8-1-2-9-22(20)32-33-25(23)35-18-7-4-6-16(14-18)26(28,29)30/h1-2,4,6-9,11-14,21H,3,5,10H2,(H,31,34)/t21-/m0/s1. The van der Waals surface area contributed by atoms with Crippen molar-refractivity contribution in [2.24, 2.45) is 0 Å². The maximum absolute atomic E-state index is 13.6. The van der Waals surface area contributed by atoms with E-state index in [0.717, 1.165) is 47.0 Å². The van der Waals surface area contributed by atoms with Crippen molar-refractivity contribution in [3.63, 3.8) is 0 Å². The summed E-state index contributed by atoms with van der Waals surface area (Å²) in [5.74, 6) is -0.683. The highest BCUT2D eigenvalue weighted by Crippen LogP contribution is 2.35. The van der Waals surface area contributed by atoms with Gasteiger partial charge in [-0.05, 0) is 66.8 Å². The fourth-order valence-corrected chi connectivity index (χ4v) is 4.75. The van der Waals surface area contributed by atoms with Gasteiger partial charge in [-0.1, -0.05) is 46.3 Å². The zero-order valence-corrected chi connectivity index (χ0v) is 19.9. The van der Waals surface area contributed by atoms with Gasteiger partial charge in [0.15, 0.2) is 0 Å². The maximum atomic E-state index is 13.6. The van der Waals surface area contributed by atoms with Crippen molar-refractivity contribution in [1.29, 1.82) is 0 Å². The van der Waals surface area contributed by atoms with Gasteiger partial charge < -0.3 is 10.1 Å². The molecule has 0 bridgehead atoms. The molecule has 9 heteroatoms. The first kappa shape index (κ1) is 23.3. The summed E-state index contributed by atoms with van der Waals surface area (Å²) in [4.78, 5) is 13.6. The van der Waals surface area contributed by atoms with Gasteiger partial charge in [-0.25, -0.2) is 0 Å². The monoisotopic (exact) mass is 541 g/mol. The summed E-state index contributed by atoms with van der Waals surface area (Å²) in [6, 6.07) is 17.1. The molecule has 1 aliphatic rings. The third kappa shape index (κ3) is 4.86. The Morgan fingerprint density at radius 3 is 2.69 bits per heavy atom. The van der Waals surface area contributed by atoms with Crippen molar-refractivity contribution in [2.45, 2.75) is 31.5 Å². The second kappa shape index (κ2) is 9.30. The summed E-state index contributed by atoms with van der Waals surface area (Å²) in [6.07, 6.45) is -1.93. The zero-order valence-electron chi connectivity index (χ0n) is 18.3. The molecular weight excluding hydrogens is 523 g/mol. The highest BCUT2D eigenvalue weighted by molar-refractivity contribution is 9.10. The van der Waals surface area contributed by atoms with Crippen LogP contribution in [0.5, 0.6) is 11.6 Å². The Hall–Kier alpha value is -3.46. The molecule has 1 aromatic heterocycles. The smallest absolute Gasteiger partial charge is 0.416 e. The first-order chi connectivity index (χ1) is 16.8. The Kier molecular flexibility index (Phi) is 6.19. The quantitative estimate of drug-likeness (QED) is 0.301. The van der Waals surface area contributed by atoms with E-state index in [0.29, 0.717) is 10.9 Å². The predicted octanol–water partition coefficient (Wildman–Crippen LogP) is 7.01. The molecular formula is C26H19BrF3N3O2. The Morgan fingerprint density at radius 1 is 1.03 bits per heavy atom. The summed E-state index contributed by atoms with van der Waals surface area (Å²) < 4.78 is 46.2. The first-order valence-corrected chi connectivity index (χ1v) is 11.8. The maximum Gasteiger partial charge on any atom is 0.416 e. The number of ether oxygens (including phenoxy) is 1. The van der Waals surface area contributed by atoms with E-state index in [1.165, 1.54) is 12.1 Å². The molecule has 35 heavy (non-hydrogen) atoms. The number of rotatable bonds is 4. The molecule has 3 aromatic carbocycles. The van der Waals surface area contributed by atoms with Gasteiger partial charge in [0.25, 0.3) is 11.8 Å². The van der Waals surface area contributed by atoms with Crippen LogP contribution in [0.4, 0.5) is 13.2 Å². The molecule has 0 saturated carbocycles. The molecule has 5 nitrogen and oxygen atoms in total. The fraction of sp³-hybridized carbons (Fsp3) is 0.192. The Balaban J connectivity index is 1.52. The lowest BCUT2D eigenvalue weighted by molar-refractivity contribution is -0.137. The van der Waals surface area contributed by atoms with Crippen LogP contribution < -0.4 is 10.1 Å². The number of halogens is 4. The molecule has 1 atom stereocenters. The largest absolute Gasteiger partial charge is 0.437 e. The molecule has 0 aliphatic heterocycles. The number of nitrogens with one attached hydrogen (secondary N) is 1. The molecule has 0 fully saturated rings. The van der Waals surface area contributed by atoms with Crippen LogP contribution in [0.1, 0.15) is 45.9 Å². The van der Waals surface area contributed by atoms with Crippen molar-refractivity contribution in [3.8, 4) is 11.6 Å². The van der Waals surface area contributed by atoms with Crippen LogP contribution in [0.2, 0.25) is 0 Å². The van der Waals surface area contributed by atoms with E-state index in [-0.39, 0.29) is 23.2 Å². The van der Waals surface area contributed by atoms with Gasteiger partial charge in [0.05, 0.1) is 17.1 Å². The lowest BCUT2D eigenvalue weighted by Crippen LogP contribution is -2.31. The topological polar surface area (TPSA) is 64.1 Å². The van der Waals surface area contributed by atoms with Gasteiger partial charge in [-0.15, -0.1) is 10.2 Å². The molecule has 1 N–H and O–H groups in total. The average Bonchev–Trinajstić information content (AvgIpc) is 2.83. The molecule has 1 amide bonds. The number of carbonyl (C=O) groups is 1. The van der Waals surface area contributed by atoms with Crippen LogP contribution in [0.3, 0.4) is 0 Å². The van der Waals surface area contributed by atoms with Crippen molar-refractivity contribution in [1.82, 2.24) is 15.5 Å². The summed E-state index contributed by atoms with van der Waals surface area (Å²) in [5, 5.41) is 11.7. The molecule has 0 saturated heterocycles. The number of aromatic nitrogens is 2. The minimum absolute atomic E-state index is 0.0914. The molecule has 5 rings (SSSR count). The minimum Gasteiger partial charge on any atom is -0.437 e. The van der Waals surface area contributed by atoms with Gasteiger partial charge in [-0.3, -0.25) is 4.79 Å². The molecule has 1 aliphatic carbocycles. The van der Waals surface area contributed by atoms with Gasteiger partial charge in [0, 0.05) is 9.86 Å². The van der Waals surface area contributed by atoms with E-state index in [1.54, 1.807) is 24.3 Å². The number of hydrogen-bond donors (Lipinski definition) is 1. The van der Waals surface area contributed by atoms with E-state index in [2.05, 4.69) is 37.5 Å². The van der Waals surface area contributed by atoms with Gasteiger partial charge >= 0.3 is 6.18 Å². The average molecular weight is 542 g/mol. The number of aryl methyl sites for hydroxylation is 1. The number of alkyl halides is 3. The number of fused-ring (bicyclic) bond motifs is 2. The normalized spacial score (nSPS) is 15.5. The van der Waals surface area contributed by atoms with E-state index >= 15 is 0 Å². The number of amides is 1. The number of benzene rings is 3. The summed E-state index contributed by atoms with van der Waals surface area (Å²) >= 11 is 3.49. The second-order valence-electron chi connectivity index (χ2n) is 8.29. The number of nitrogens with zero attached hydrogens (tertiary/aromatic N) is 2. The molecule has 178 valence electrons. The van der Waals surface area contributed by atoms with Crippen LogP contribution in [-0.4, -0.2) is 16.1 Å². The third-order valence-electron chi connectivity index (χ3n) is 5.96. The van der Waals surface area contributed by atoms with Gasteiger partial charge in [-0.2, -0.15) is 13.2 Å². The van der Waals surface area contributed by atoms with Crippen molar-refractivity contribution in [3.05, 3.63) is 93.5 Å². The van der Waals surface area contributed by atoms with Crippen LogP contribution >= 0.6 is 15.9 Å². The van der Waals surface area contributed by atoms with Crippen molar-refractivity contribution < 1.29 is 22.7 Å². The van der Waals surface area contributed by atoms with Crippen LogP contribution in [0, 0.1) is 0 Å². The third-order valence-corrected chi connectivity index (χ3v) is 6.46. The van der Waals surface area contributed by atoms with E-state index < -0.39 is 17.6 Å². The predicted molar refractivity (Wildman–Crippen MR) is 128 cm³/mol. The van der Waals surface area contributed by atoms with Crippen LogP contribution in [0.15, 0.2) is 71.2 Å². The lowest BCUT2D eigenvalue weighted by atomic mass is 9.87. The highest BCUT2D eigenvalue weighted by atomic mass is 79.9. The Labute approximate surface area is 207 Å². The summed E-state index contributed by atoms with van der Waals surface area (Å²) in [5.41, 5.74) is 1.94. The summed E-state index contributed by atoms with van der Waals surface area (Å²) in [6.45, 7) is 0. The molecule has 0 unspecified atom stereocenters. The van der Waals surface area contributed by atoms with E-state index in [4.69, 9.17) is 4.74 Å². The fourth-order valence-electron chi connectivity index (χ4n) is 4.34. The molecule has 4 aromatic rings. The zero-order chi connectivity index (χ0) is 24.6. The van der Waals surface area contributed by atoms with E-state index in [9.17, 15) is 18.0 Å². The highest BCUT2D eigenvalue weighted by Gasteiger charge is 2.31. The van der Waals surface area contributed by atoms with Crippen molar-refractivity contribution >= 4 is 32.7 Å². The molecule has 0 spiro atoms. The molecule has 0 radical (unpaired) electrons. The second-order valence-corrected chi connectivity index (χ2v) is 9.20. The first-order valence-electron chi connectivity index (χ1n) is 11.0. The van der Waals surface area contributed by atoms with Gasteiger partial charge in [0.1, 0.15) is 11.3 Å². The Morgan fingerprint density at radius 2 is 1.86 bits per heavy atom. The van der Waals surface area contributed by atoms with Crippen molar-refractivity contribution in [2.75, 3.05) is 0 Å². The van der Waals surface area contributed by atoms with Crippen LogP contribution in [0.25, 0.3) is 10.9 Å². The van der Waals surface area contributed by atoms with Gasteiger partial charge in [0.2, 0.25) is 0 Å². The summed E-state index contributed by atoms with van der Waals surface area (Å²) in [7, 11) is 0. The van der Waals surface area contributed by atoms with E-state index in [1.807, 2.05) is 12.1 Å². The number of hydrogen-bond acceptors (Lipinski definition) is 4. The molecule has 1 heterocycles. The SMILES string of the molecule is O=C(N[C@H]1CCCc2cc(Br)ccc21)c1c(Oc2cccc(C(F)(F)F)c2)nnc2ccccc12. The lowest BCUT2D eigenvalue weighted by Gasteiger charge is -2.27. The minimum atomic E-state index is -4.53. The Bertz CT molecular complexity index is 1420.